The fourth-order valence-corrected chi connectivity index (χ4v) is 10.5. The van der Waals surface area contributed by atoms with E-state index in [4.69, 9.17) is 15.0 Å². The molecular formula is C19H35NO3Sn. The SMILES string of the molecule is CCCC[O][Sn]([O]CCCC)([O]CCCC)[c]1ccccc1CN. The van der Waals surface area contributed by atoms with Gasteiger partial charge < -0.3 is 0 Å². The number of hydrogen-bond donors (Lipinski definition) is 1. The van der Waals surface area contributed by atoms with Crippen LogP contribution >= 0.6 is 0 Å². The van der Waals surface area contributed by atoms with Crippen molar-refractivity contribution in [1.82, 2.24) is 0 Å². The molecule has 2 N–H and O–H groups in total. The van der Waals surface area contributed by atoms with Crippen LogP contribution in [0, 0.1) is 0 Å². The Balaban J connectivity index is 3.09. The van der Waals surface area contributed by atoms with Gasteiger partial charge in [0.2, 0.25) is 0 Å². The third-order valence-corrected chi connectivity index (χ3v) is 12.2. The van der Waals surface area contributed by atoms with Crippen LogP contribution in [0.15, 0.2) is 24.3 Å². The Labute approximate surface area is 153 Å². The molecule has 0 unspecified atom stereocenters. The first-order chi connectivity index (χ1) is 11.7. The Morgan fingerprint density at radius 3 is 1.67 bits per heavy atom. The molecule has 0 aromatic heterocycles. The van der Waals surface area contributed by atoms with E-state index in [1.807, 2.05) is 12.1 Å². The van der Waals surface area contributed by atoms with Crippen LogP contribution in [-0.2, 0) is 15.8 Å². The van der Waals surface area contributed by atoms with E-state index in [9.17, 15) is 0 Å². The second kappa shape index (κ2) is 13.1. The maximum atomic E-state index is 6.40. The van der Waals surface area contributed by atoms with Gasteiger partial charge in [0.05, 0.1) is 0 Å². The second-order valence-corrected chi connectivity index (χ2v) is 13.2. The van der Waals surface area contributed by atoms with Gasteiger partial charge in [0, 0.05) is 0 Å². The molecule has 5 heteroatoms. The molecule has 0 fully saturated rings. The van der Waals surface area contributed by atoms with Gasteiger partial charge in [-0.15, -0.1) is 0 Å². The summed E-state index contributed by atoms with van der Waals surface area (Å²) >= 11 is -3.84. The van der Waals surface area contributed by atoms with Crippen LogP contribution in [-0.4, -0.2) is 39.4 Å². The Kier molecular flexibility index (Phi) is 12.0. The van der Waals surface area contributed by atoms with Crippen molar-refractivity contribution in [2.75, 3.05) is 19.8 Å². The molecule has 0 saturated heterocycles. The van der Waals surface area contributed by atoms with E-state index in [1.54, 1.807) is 0 Å². The number of hydrogen-bond acceptors (Lipinski definition) is 4. The number of rotatable bonds is 14. The molecule has 0 atom stereocenters. The Morgan fingerprint density at radius 1 is 0.792 bits per heavy atom. The van der Waals surface area contributed by atoms with Gasteiger partial charge in [-0.2, -0.15) is 0 Å². The van der Waals surface area contributed by atoms with Crippen molar-refractivity contribution in [2.24, 2.45) is 5.73 Å². The first-order valence-corrected chi connectivity index (χ1v) is 14.4. The molecular weight excluding hydrogens is 409 g/mol. The monoisotopic (exact) mass is 445 g/mol. The predicted molar refractivity (Wildman–Crippen MR) is 102 cm³/mol. The first kappa shape index (κ1) is 21.9. The van der Waals surface area contributed by atoms with Crippen molar-refractivity contribution >= 4 is 23.2 Å². The van der Waals surface area contributed by atoms with Crippen molar-refractivity contribution < 1.29 is 9.22 Å². The zero-order chi connectivity index (χ0) is 17.7. The average molecular weight is 444 g/mol. The number of unbranched alkanes of at least 4 members (excludes halogenated alkanes) is 3. The van der Waals surface area contributed by atoms with Crippen molar-refractivity contribution in [2.45, 2.75) is 65.8 Å². The van der Waals surface area contributed by atoms with E-state index in [2.05, 4.69) is 32.9 Å². The van der Waals surface area contributed by atoms with Crippen LogP contribution in [0.2, 0.25) is 0 Å². The van der Waals surface area contributed by atoms with Crippen LogP contribution in [0.25, 0.3) is 0 Å². The molecule has 1 rings (SSSR count). The standard InChI is InChI=1S/C7H8N.3C4H9O.Sn/c8-6-7-4-2-1-3-5-7;3*1-2-3-4-5;/h1-4H,6,8H2;3*2-4H2,1H3;/q;3*-1;+3. The third kappa shape index (κ3) is 7.00. The molecule has 0 heterocycles. The quantitative estimate of drug-likeness (QED) is 0.351. The molecule has 0 bridgehead atoms. The third-order valence-electron chi connectivity index (χ3n) is 3.94. The van der Waals surface area contributed by atoms with Gasteiger partial charge in [-0.3, -0.25) is 0 Å². The van der Waals surface area contributed by atoms with Gasteiger partial charge in [0.1, 0.15) is 0 Å². The molecule has 138 valence electrons. The van der Waals surface area contributed by atoms with Crippen LogP contribution < -0.4 is 9.31 Å². The van der Waals surface area contributed by atoms with Crippen molar-refractivity contribution in [1.29, 1.82) is 0 Å². The van der Waals surface area contributed by atoms with Crippen molar-refractivity contribution in [3.05, 3.63) is 29.8 Å². The molecule has 24 heavy (non-hydrogen) atoms. The molecule has 4 nitrogen and oxygen atoms in total. The number of benzene rings is 1. The summed E-state index contributed by atoms with van der Waals surface area (Å²) in [5.74, 6) is 0. The second-order valence-electron chi connectivity index (χ2n) is 6.02. The van der Waals surface area contributed by atoms with E-state index in [1.165, 1.54) is 0 Å². The zero-order valence-electron chi connectivity index (χ0n) is 15.7. The minimum absolute atomic E-state index is 0.486. The van der Waals surface area contributed by atoms with Crippen LogP contribution in [0.1, 0.15) is 64.9 Å². The zero-order valence-corrected chi connectivity index (χ0v) is 18.5. The summed E-state index contributed by atoms with van der Waals surface area (Å²) in [5, 5.41) is 0. The molecule has 0 aliphatic rings. The van der Waals surface area contributed by atoms with Gasteiger partial charge in [0.15, 0.2) is 0 Å². The molecule has 0 aliphatic carbocycles. The van der Waals surface area contributed by atoms with Crippen LogP contribution in [0.3, 0.4) is 0 Å². The fraction of sp³-hybridized carbons (Fsp3) is 0.684. The Bertz CT molecular complexity index is 416. The average Bonchev–Trinajstić information content (AvgIpc) is 2.62. The summed E-state index contributed by atoms with van der Waals surface area (Å²) in [4.78, 5) is 0. The van der Waals surface area contributed by atoms with Gasteiger partial charge in [-0.05, 0) is 0 Å². The molecule has 0 spiro atoms. The van der Waals surface area contributed by atoms with E-state index >= 15 is 0 Å². The summed E-state index contributed by atoms with van der Waals surface area (Å²) in [6, 6.07) is 8.22. The van der Waals surface area contributed by atoms with Gasteiger partial charge >= 0.3 is 154 Å². The van der Waals surface area contributed by atoms with Gasteiger partial charge in [-0.1, -0.05) is 0 Å². The van der Waals surface area contributed by atoms with E-state index in [-0.39, 0.29) is 0 Å². The summed E-state index contributed by atoms with van der Waals surface area (Å²) in [6.45, 7) is 9.09. The van der Waals surface area contributed by atoms with E-state index in [0.717, 1.165) is 47.7 Å². The predicted octanol–water partition coefficient (Wildman–Crippen LogP) is 3.74. The molecule has 1 aromatic rings. The van der Waals surface area contributed by atoms with Crippen molar-refractivity contribution in [3.63, 3.8) is 0 Å². The summed E-state index contributed by atoms with van der Waals surface area (Å²) in [7, 11) is 0. The molecule has 1 aromatic carbocycles. The fourth-order valence-electron chi connectivity index (χ4n) is 2.41. The molecule has 0 amide bonds. The number of nitrogens with two attached hydrogens (primary N) is 1. The van der Waals surface area contributed by atoms with E-state index < -0.39 is 19.6 Å². The Hall–Kier alpha value is -0.141. The van der Waals surface area contributed by atoms with Crippen LogP contribution in [0.4, 0.5) is 0 Å². The minimum atomic E-state index is -3.84. The molecule has 0 radical (unpaired) electrons. The molecule has 0 saturated carbocycles. The first-order valence-electron chi connectivity index (χ1n) is 9.44. The summed E-state index contributed by atoms with van der Waals surface area (Å²) in [6.07, 6.45) is 6.38. The van der Waals surface area contributed by atoms with Gasteiger partial charge in [0.25, 0.3) is 0 Å². The van der Waals surface area contributed by atoms with Gasteiger partial charge in [-0.25, -0.2) is 0 Å². The van der Waals surface area contributed by atoms with Crippen LogP contribution in [0.5, 0.6) is 0 Å². The summed E-state index contributed by atoms with van der Waals surface area (Å²) < 4.78 is 20.3. The maximum absolute atomic E-state index is 6.40. The molecule has 0 aliphatic heterocycles. The topological polar surface area (TPSA) is 53.7 Å². The van der Waals surface area contributed by atoms with E-state index in [0.29, 0.717) is 26.4 Å². The van der Waals surface area contributed by atoms with Crippen molar-refractivity contribution in [3.8, 4) is 0 Å². The Morgan fingerprint density at radius 2 is 1.25 bits per heavy atom. The normalized spacial score (nSPS) is 11.8. The summed E-state index contributed by atoms with van der Waals surface area (Å²) in [5.41, 5.74) is 7.07.